The Morgan fingerprint density at radius 2 is 1.88 bits per heavy atom. The molecule has 0 N–H and O–H groups in total. The second-order valence-corrected chi connectivity index (χ2v) is 3.42. The lowest BCUT2D eigenvalue weighted by atomic mass is 10.2. The second kappa shape index (κ2) is 5.85. The van der Waals surface area contributed by atoms with E-state index < -0.39 is 11.9 Å². The molecule has 1 aromatic carbocycles. The summed E-state index contributed by atoms with van der Waals surface area (Å²) in [5.41, 5.74) is 1.25. The van der Waals surface area contributed by atoms with Gasteiger partial charge in [0.15, 0.2) is 0 Å². The molecule has 16 heavy (non-hydrogen) atoms. The van der Waals surface area contributed by atoms with Gasteiger partial charge in [0.05, 0.1) is 5.56 Å². The van der Waals surface area contributed by atoms with Gasteiger partial charge in [-0.05, 0) is 25.5 Å². The summed E-state index contributed by atoms with van der Waals surface area (Å²) in [6.07, 6.45) is 2.09. The normalized spacial score (nSPS) is 11.0. The molecule has 0 spiro atoms. The van der Waals surface area contributed by atoms with Crippen LogP contribution >= 0.6 is 0 Å². The summed E-state index contributed by atoms with van der Waals surface area (Å²) >= 11 is 0. The van der Waals surface area contributed by atoms with Crippen molar-refractivity contribution in [1.29, 1.82) is 0 Å². The standard InChI is InChI=1S/C13H14O3/c1-3-10(2)9-12(14)16-13(15)11-7-5-4-6-8-11/h4-9H,3H2,1-2H3. The van der Waals surface area contributed by atoms with Crippen molar-refractivity contribution < 1.29 is 14.3 Å². The fourth-order valence-corrected chi connectivity index (χ4v) is 1.06. The van der Waals surface area contributed by atoms with Crippen LogP contribution in [0.4, 0.5) is 0 Å². The van der Waals surface area contributed by atoms with Crippen LogP contribution in [0.3, 0.4) is 0 Å². The highest BCUT2D eigenvalue weighted by molar-refractivity contribution is 6.00. The van der Waals surface area contributed by atoms with Gasteiger partial charge in [0, 0.05) is 6.08 Å². The largest absolute Gasteiger partial charge is 0.386 e. The third kappa shape index (κ3) is 3.69. The summed E-state index contributed by atoms with van der Waals surface area (Å²) in [6, 6.07) is 8.43. The van der Waals surface area contributed by atoms with Crippen molar-refractivity contribution in [2.75, 3.05) is 0 Å². The quantitative estimate of drug-likeness (QED) is 0.445. The van der Waals surface area contributed by atoms with E-state index in [1.54, 1.807) is 30.3 Å². The summed E-state index contributed by atoms with van der Waals surface area (Å²) in [5, 5.41) is 0. The number of hydrogen-bond acceptors (Lipinski definition) is 3. The predicted octanol–water partition coefficient (Wildman–Crippen LogP) is 2.73. The molecule has 0 fully saturated rings. The van der Waals surface area contributed by atoms with Crippen molar-refractivity contribution in [2.24, 2.45) is 0 Å². The van der Waals surface area contributed by atoms with Gasteiger partial charge in [-0.15, -0.1) is 0 Å². The van der Waals surface area contributed by atoms with Crippen molar-refractivity contribution in [3.63, 3.8) is 0 Å². The molecule has 0 saturated carbocycles. The van der Waals surface area contributed by atoms with E-state index in [0.717, 1.165) is 12.0 Å². The van der Waals surface area contributed by atoms with Crippen LogP contribution in [0.15, 0.2) is 42.0 Å². The molecule has 0 atom stereocenters. The van der Waals surface area contributed by atoms with Crippen LogP contribution < -0.4 is 0 Å². The van der Waals surface area contributed by atoms with E-state index in [-0.39, 0.29) is 0 Å². The van der Waals surface area contributed by atoms with Crippen LogP contribution in [0, 0.1) is 0 Å². The van der Waals surface area contributed by atoms with E-state index in [1.165, 1.54) is 6.08 Å². The number of hydrogen-bond donors (Lipinski definition) is 0. The van der Waals surface area contributed by atoms with Gasteiger partial charge >= 0.3 is 11.9 Å². The van der Waals surface area contributed by atoms with E-state index in [9.17, 15) is 9.59 Å². The zero-order chi connectivity index (χ0) is 12.0. The Bertz CT molecular complexity index is 404. The molecule has 1 rings (SSSR count). The first kappa shape index (κ1) is 12.2. The molecule has 0 aliphatic carbocycles. The molecule has 0 unspecified atom stereocenters. The summed E-state index contributed by atoms with van der Waals surface area (Å²) in [7, 11) is 0. The minimum atomic E-state index is -0.620. The SMILES string of the molecule is CCC(C)=CC(=O)OC(=O)c1ccccc1. The average Bonchev–Trinajstić information content (AvgIpc) is 2.29. The van der Waals surface area contributed by atoms with Crippen LogP contribution in [0.2, 0.25) is 0 Å². The maximum atomic E-state index is 11.5. The molecule has 84 valence electrons. The van der Waals surface area contributed by atoms with Gasteiger partial charge in [-0.2, -0.15) is 0 Å². The van der Waals surface area contributed by atoms with Gasteiger partial charge in [0.2, 0.25) is 0 Å². The number of allylic oxidation sites excluding steroid dienone is 1. The molecular formula is C13H14O3. The molecule has 3 heteroatoms. The van der Waals surface area contributed by atoms with Crippen molar-refractivity contribution in [3.05, 3.63) is 47.5 Å². The maximum Gasteiger partial charge on any atom is 0.346 e. The Hall–Kier alpha value is -1.90. The van der Waals surface area contributed by atoms with E-state index >= 15 is 0 Å². The van der Waals surface area contributed by atoms with E-state index in [1.807, 2.05) is 13.8 Å². The minimum absolute atomic E-state index is 0.374. The van der Waals surface area contributed by atoms with Crippen LogP contribution in [-0.2, 0) is 9.53 Å². The summed E-state index contributed by atoms with van der Waals surface area (Å²) in [6.45, 7) is 3.74. The number of carbonyl (C=O) groups excluding carboxylic acids is 2. The van der Waals surface area contributed by atoms with Gasteiger partial charge in [0.25, 0.3) is 0 Å². The molecule has 0 aromatic heterocycles. The zero-order valence-corrected chi connectivity index (χ0v) is 9.40. The van der Waals surface area contributed by atoms with E-state index in [0.29, 0.717) is 5.56 Å². The molecule has 0 aliphatic rings. The van der Waals surface area contributed by atoms with Gasteiger partial charge in [0.1, 0.15) is 0 Å². The molecule has 0 bridgehead atoms. The molecule has 3 nitrogen and oxygen atoms in total. The number of ether oxygens (including phenoxy) is 1. The first-order valence-electron chi connectivity index (χ1n) is 5.12. The highest BCUT2D eigenvalue weighted by Gasteiger charge is 2.10. The highest BCUT2D eigenvalue weighted by atomic mass is 16.6. The third-order valence-corrected chi connectivity index (χ3v) is 2.12. The molecule has 0 amide bonds. The lowest BCUT2D eigenvalue weighted by Gasteiger charge is -2.00. The second-order valence-electron chi connectivity index (χ2n) is 3.42. The summed E-state index contributed by atoms with van der Waals surface area (Å²) in [5.74, 6) is -1.24. The lowest BCUT2D eigenvalue weighted by molar-refractivity contribution is -0.132. The van der Waals surface area contributed by atoms with Crippen LogP contribution in [0.5, 0.6) is 0 Å². The molecule has 1 aromatic rings. The molecule has 0 heterocycles. The Morgan fingerprint density at radius 3 is 2.44 bits per heavy atom. The minimum Gasteiger partial charge on any atom is -0.386 e. The van der Waals surface area contributed by atoms with Gasteiger partial charge in [-0.25, -0.2) is 9.59 Å². The van der Waals surface area contributed by atoms with Crippen molar-refractivity contribution in [1.82, 2.24) is 0 Å². The Labute approximate surface area is 94.7 Å². The van der Waals surface area contributed by atoms with Gasteiger partial charge in [-0.3, -0.25) is 0 Å². The number of rotatable bonds is 3. The number of carbonyl (C=O) groups is 2. The number of esters is 2. The topological polar surface area (TPSA) is 43.4 Å². The Kier molecular flexibility index (Phi) is 4.45. The van der Waals surface area contributed by atoms with E-state index in [4.69, 9.17) is 0 Å². The predicted molar refractivity (Wildman–Crippen MR) is 60.9 cm³/mol. The maximum absolute atomic E-state index is 11.5. The van der Waals surface area contributed by atoms with Gasteiger partial charge < -0.3 is 4.74 Å². The first-order chi connectivity index (χ1) is 7.63. The molecule has 0 saturated heterocycles. The monoisotopic (exact) mass is 218 g/mol. The fourth-order valence-electron chi connectivity index (χ4n) is 1.06. The lowest BCUT2D eigenvalue weighted by Crippen LogP contribution is -2.10. The van der Waals surface area contributed by atoms with Crippen LogP contribution in [-0.4, -0.2) is 11.9 Å². The first-order valence-corrected chi connectivity index (χ1v) is 5.12. The van der Waals surface area contributed by atoms with Crippen LogP contribution in [0.25, 0.3) is 0 Å². The Morgan fingerprint density at radius 1 is 1.25 bits per heavy atom. The average molecular weight is 218 g/mol. The third-order valence-electron chi connectivity index (χ3n) is 2.12. The van der Waals surface area contributed by atoms with Crippen molar-refractivity contribution in [2.45, 2.75) is 20.3 Å². The number of benzene rings is 1. The van der Waals surface area contributed by atoms with Gasteiger partial charge in [-0.1, -0.05) is 30.7 Å². The molecular weight excluding hydrogens is 204 g/mol. The highest BCUT2D eigenvalue weighted by Crippen LogP contribution is 2.03. The zero-order valence-electron chi connectivity index (χ0n) is 9.40. The molecule has 0 aliphatic heterocycles. The molecule has 0 radical (unpaired) electrons. The fraction of sp³-hybridized carbons (Fsp3) is 0.231. The van der Waals surface area contributed by atoms with Crippen molar-refractivity contribution in [3.8, 4) is 0 Å². The smallest absolute Gasteiger partial charge is 0.346 e. The van der Waals surface area contributed by atoms with Crippen molar-refractivity contribution >= 4 is 11.9 Å². The summed E-state index contributed by atoms with van der Waals surface area (Å²) in [4.78, 5) is 22.7. The van der Waals surface area contributed by atoms with Crippen LogP contribution in [0.1, 0.15) is 30.6 Å². The Balaban J connectivity index is 2.63. The van der Waals surface area contributed by atoms with E-state index in [2.05, 4.69) is 4.74 Å². The summed E-state index contributed by atoms with van der Waals surface area (Å²) < 4.78 is 4.65.